The maximum absolute atomic E-state index is 12.1. The number of aromatic nitrogens is 1. The first-order chi connectivity index (χ1) is 10.6. The summed E-state index contributed by atoms with van der Waals surface area (Å²) in [6.07, 6.45) is 1.65. The summed E-state index contributed by atoms with van der Waals surface area (Å²) in [5, 5.41) is 0.822. The minimum absolute atomic E-state index is 0.414. The molecule has 0 N–H and O–H groups in total. The lowest BCUT2D eigenvalue weighted by Gasteiger charge is -2.07. The quantitative estimate of drug-likeness (QED) is 0.542. The van der Waals surface area contributed by atoms with Crippen LogP contribution in [0.15, 0.2) is 70.0 Å². The molecular weight excluding hydrogens is 278 g/mol. The van der Waals surface area contributed by atoms with E-state index in [4.69, 9.17) is 9.15 Å². The molecule has 0 amide bonds. The third-order valence-corrected chi connectivity index (χ3v) is 3.13. The van der Waals surface area contributed by atoms with E-state index in [1.807, 2.05) is 25.1 Å². The predicted molar refractivity (Wildman–Crippen MR) is 86.0 cm³/mol. The Labute approximate surface area is 127 Å². The lowest BCUT2D eigenvalue weighted by molar-refractivity contribution is 0.352. The highest BCUT2D eigenvalue weighted by Gasteiger charge is 2.09. The van der Waals surface area contributed by atoms with Gasteiger partial charge in [0.1, 0.15) is 17.9 Å². The Balaban J connectivity index is 2.03. The average molecular weight is 293 g/mol. The van der Waals surface area contributed by atoms with Crippen LogP contribution in [0.2, 0.25) is 0 Å². The fourth-order valence-corrected chi connectivity index (χ4v) is 2.09. The zero-order valence-electron chi connectivity index (χ0n) is 12.2. The van der Waals surface area contributed by atoms with E-state index in [0.29, 0.717) is 29.2 Å². The van der Waals surface area contributed by atoms with Crippen molar-refractivity contribution in [3.8, 4) is 17.0 Å². The first-order valence-electron chi connectivity index (χ1n) is 6.90. The molecule has 0 bridgehead atoms. The molecule has 4 heteroatoms. The van der Waals surface area contributed by atoms with Crippen molar-refractivity contribution < 1.29 is 9.15 Å². The minimum Gasteiger partial charge on any atom is -0.489 e. The molecule has 3 rings (SSSR count). The van der Waals surface area contributed by atoms with Gasteiger partial charge in [-0.15, -0.1) is 0 Å². The SMILES string of the molecule is C=C(C)COc1ccc2cc(-c3ccccn3)c(=O)oc2c1. The molecule has 0 unspecified atom stereocenters. The summed E-state index contributed by atoms with van der Waals surface area (Å²) in [5.74, 6) is 0.643. The van der Waals surface area contributed by atoms with Crippen molar-refractivity contribution >= 4 is 11.0 Å². The van der Waals surface area contributed by atoms with Crippen LogP contribution in [0.4, 0.5) is 0 Å². The lowest BCUT2D eigenvalue weighted by Crippen LogP contribution is -2.04. The Morgan fingerprint density at radius 2 is 2.14 bits per heavy atom. The van der Waals surface area contributed by atoms with E-state index in [-0.39, 0.29) is 0 Å². The number of rotatable bonds is 4. The van der Waals surface area contributed by atoms with Crippen molar-refractivity contribution in [1.82, 2.24) is 4.98 Å². The van der Waals surface area contributed by atoms with Gasteiger partial charge in [0.05, 0.1) is 11.3 Å². The number of pyridine rings is 1. The Bertz CT molecular complexity index is 882. The van der Waals surface area contributed by atoms with Gasteiger partial charge in [0.15, 0.2) is 0 Å². The standard InChI is InChI=1S/C18H15NO3/c1-12(2)11-21-14-7-6-13-9-15(16-5-3-4-8-19-16)18(20)22-17(13)10-14/h3-10H,1,11H2,2H3. The highest BCUT2D eigenvalue weighted by molar-refractivity contribution is 5.82. The highest BCUT2D eigenvalue weighted by Crippen LogP contribution is 2.23. The van der Waals surface area contributed by atoms with Gasteiger partial charge in [0, 0.05) is 17.6 Å². The molecule has 4 nitrogen and oxygen atoms in total. The van der Waals surface area contributed by atoms with E-state index in [2.05, 4.69) is 11.6 Å². The van der Waals surface area contributed by atoms with Gasteiger partial charge in [-0.05, 0) is 42.8 Å². The summed E-state index contributed by atoms with van der Waals surface area (Å²) in [6, 6.07) is 12.6. The van der Waals surface area contributed by atoms with E-state index >= 15 is 0 Å². The van der Waals surface area contributed by atoms with Gasteiger partial charge in [0.25, 0.3) is 0 Å². The molecule has 0 aliphatic heterocycles. The number of benzene rings is 1. The van der Waals surface area contributed by atoms with Crippen molar-refractivity contribution in [3.05, 3.63) is 71.2 Å². The van der Waals surface area contributed by atoms with Crippen LogP contribution in [-0.2, 0) is 0 Å². The van der Waals surface area contributed by atoms with Crippen molar-refractivity contribution in [2.75, 3.05) is 6.61 Å². The van der Waals surface area contributed by atoms with Gasteiger partial charge in [-0.3, -0.25) is 4.98 Å². The van der Waals surface area contributed by atoms with E-state index in [1.165, 1.54) is 0 Å². The maximum Gasteiger partial charge on any atom is 0.345 e. The molecule has 1 aromatic carbocycles. The van der Waals surface area contributed by atoms with E-state index in [0.717, 1.165) is 11.0 Å². The molecule has 0 fully saturated rings. The number of hydrogen-bond donors (Lipinski definition) is 0. The van der Waals surface area contributed by atoms with Gasteiger partial charge in [0.2, 0.25) is 0 Å². The molecule has 0 aliphatic carbocycles. The Hall–Kier alpha value is -2.88. The van der Waals surface area contributed by atoms with Crippen LogP contribution in [0, 0.1) is 0 Å². The molecule has 0 aliphatic rings. The van der Waals surface area contributed by atoms with Crippen LogP contribution >= 0.6 is 0 Å². The Kier molecular flexibility index (Phi) is 3.74. The second-order valence-electron chi connectivity index (χ2n) is 5.11. The molecule has 110 valence electrons. The van der Waals surface area contributed by atoms with Crippen LogP contribution in [0.25, 0.3) is 22.2 Å². The average Bonchev–Trinajstić information content (AvgIpc) is 2.53. The van der Waals surface area contributed by atoms with Crippen LogP contribution in [0.3, 0.4) is 0 Å². The molecule has 0 spiro atoms. The fraction of sp³-hybridized carbons (Fsp3) is 0.111. The van der Waals surface area contributed by atoms with E-state index in [9.17, 15) is 4.79 Å². The van der Waals surface area contributed by atoms with Gasteiger partial charge < -0.3 is 9.15 Å². The Morgan fingerprint density at radius 1 is 1.27 bits per heavy atom. The zero-order valence-corrected chi connectivity index (χ0v) is 12.2. The van der Waals surface area contributed by atoms with E-state index in [1.54, 1.807) is 30.5 Å². The number of nitrogens with zero attached hydrogens (tertiary/aromatic N) is 1. The molecule has 0 atom stereocenters. The number of ether oxygens (including phenoxy) is 1. The third kappa shape index (κ3) is 2.91. The van der Waals surface area contributed by atoms with Crippen LogP contribution in [0.1, 0.15) is 6.92 Å². The fourth-order valence-electron chi connectivity index (χ4n) is 2.09. The van der Waals surface area contributed by atoms with Gasteiger partial charge in [-0.2, -0.15) is 0 Å². The molecule has 0 saturated heterocycles. The van der Waals surface area contributed by atoms with Gasteiger partial charge in [-0.1, -0.05) is 12.6 Å². The van der Waals surface area contributed by atoms with Crippen LogP contribution in [-0.4, -0.2) is 11.6 Å². The summed E-state index contributed by atoms with van der Waals surface area (Å²) in [7, 11) is 0. The monoisotopic (exact) mass is 293 g/mol. The summed E-state index contributed by atoms with van der Waals surface area (Å²) in [6.45, 7) is 6.11. The van der Waals surface area contributed by atoms with Gasteiger partial charge in [-0.25, -0.2) is 4.79 Å². The van der Waals surface area contributed by atoms with Gasteiger partial charge >= 0.3 is 5.63 Å². The van der Waals surface area contributed by atoms with Crippen molar-refractivity contribution in [2.45, 2.75) is 6.92 Å². The number of fused-ring (bicyclic) bond motifs is 1. The smallest absolute Gasteiger partial charge is 0.345 e. The summed E-state index contributed by atoms with van der Waals surface area (Å²) in [5.41, 5.74) is 2.05. The highest BCUT2D eigenvalue weighted by atomic mass is 16.5. The second-order valence-corrected chi connectivity index (χ2v) is 5.11. The van der Waals surface area contributed by atoms with Crippen molar-refractivity contribution in [2.24, 2.45) is 0 Å². The Morgan fingerprint density at radius 3 is 2.86 bits per heavy atom. The van der Waals surface area contributed by atoms with Crippen molar-refractivity contribution in [3.63, 3.8) is 0 Å². The molecule has 2 heterocycles. The second kappa shape index (κ2) is 5.85. The molecule has 3 aromatic rings. The predicted octanol–water partition coefficient (Wildman–Crippen LogP) is 3.81. The molecule has 0 radical (unpaired) electrons. The van der Waals surface area contributed by atoms with Crippen LogP contribution < -0.4 is 10.4 Å². The summed E-state index contributed by atoms with van der Waals surface area (Å²) in [4.78, 5) is 16.3. The lowest BCUT2D eigenvalue weighted by atomic mass is 10.1. The molecule has 0 saturated carbocycles. The van der Waals surface area contributed by atoms with Crippen molar-refractivity contribution in [1.29, 1.82) is 0 Å². The first kappa shape index (κ1) is 14.1. The molecular formula is C18H15NO3. The maximum atomic E-state index is 12.1. The normalized spacial score (nSPS) is 10.6. The van der Waals surface area contributed by atoms with E-state index < -0.39 is 5.63 Å². The van der Waals surface area contributed by atoms with Crippen LogP contribution in [0.5, 0.6) is 5.75 Å². The largest absolute Gasteiger partial charge is 0.489 e. The summed E-state index contributed by atoms with van der Waals surface area (Å²) < 4.78 is 11.0. The third-order valence-electron chi connectivity index (χ3n) is 3.13. The number of hydrogen-bond acceptors (Lipinski definition) is 4. The minimum atomic E-state index is -0.414. The molecule has 22 heavy (non-hydrogen) atoms. The summed E-state index contributed by atoms with van der Waals surface area (Å²) >= 11 is 0. The molecule has 2 aromatic heterocycles. The first-order valence-corrected chi connectivity index (χ1v) is 6.90. The topological polar surface area (TPSA) is 52.3 Å². The zero-order chi connectivity index (χ0) is 15.5.